The smallest absolute Gasteiger partial charge is 0.305 e. The van der Waals surface area contributed by atoms with Gasteiger partial charge in [0.15, 0.2) is 5.78 Å². The molecule has 0 radical (unpaired) electrons. The number of ketones is 1. The SMILES string of the molecule is CCC(=O)OCC(C)c1ccc(C(=O)C2CCC(CN)CC2)cc1. The van der Waals surface area contributed by atoms with E-state index >= 15 is 0 Å². The zero-order chi connectivity index (χ0) is 17.5. The maximum atomic E-state index is 12.6. The number of ether oxygens (including phenoxy) is 1. The highest BCUT2D eigenvalue weighted by atomic mass is 16.5. The lowest BCUT2D eigenvalue weighted by Gasteiger charge is -2.26. The summed E-state index contributed by atoms with van der Waals surface area (Å²) in [5, 5.41) is 0. The van der Waals surface area contributed by atoms with E-state index in [0.29, 0.717) is 18.9 Å². The average molecular weight is 331 g/mol. The molecule has 1 unspecified atom stereocenters. The van der Waals surface area contributed by atoms with Crippen LogP contribution >= 0.6 is 0 Å². The molecule has 0 aromatic heterocycles. The Hall–Kier alpha value is -1.68. The number of carbonyl (C=O) groups is 2. The third-order valence-electron chi connectivity index (χ3n) is 5.10. The van der Waals surface area contributed by atoms with E-state index in [1.807, 2.05) is 31.2 Å². The minimum Gasteiger partial charge on any atom is -0.465 e. The fourth-order valence-electron chi connectivity index (χ4n) is 3.29. The Morgan fingerprint density at radius 3 is 2.33 bits per heavy atom. The highest BCUT2D eigenvalue weighted by Gasteiger charge is 2.26. The van der Waals surface area contributed by atoms with Gasteiger partial charge in [0.1, 0.15) is 0 Å². The lowest BCUT2D eigenvalue weighted by atomic mass is 9.78. The summed E-state index contributed by atoms with van der Waals surface area (Å²) in [5.74, 6) is 0.929. The molecule has 1 aliphatic rings. The van der Waals surface area contributed by atoms with Gasteiger partial charge in [-0.05, 0) is 43.7 Å². The summed E-state index contributed by atoms with van der Waals surface area (Å²) >= 11 is 0. The van der Waals surface area contributed by atoms with Gasteiger partial charge in [-0.3, -0.25) is 9.59 Å². The molecule has 132 valence electrons. The van der Waals surface area contributed by atoms with Crippen LogP contribution in [0.15, 0.2) is 24.3 Å². The Morgan fingerprint density at radius 1 is 1.17 bits per heavy atom. The standard InChI is InChI=1S/C20H29NO3/c1-3-19(22)24-13-14(2)16-8-10-18(11-9-16)20(23)17-6-4-15(12-21)5-7-17/h8-11,14-15,17H,3-7,12-13,21H2,1-2H3. The minimum absolute atomic E-state index is 0.129. The highest BCUT2D eigenvalue weighted by molar-refractivity contribution is 5.97. The Balaban J connectivity index is 1.91. The summed E-state index contributed by atoms with van der Waals surface area (Å²) < 4.78 is 5.18. The molecule has 1 aromatic carbocycles. The minimum atomic E-state index is -0.179. The highest BCUT2D eigenvalue weighted by Crippen LogP contribution is 2.30. The molecule has 1 aromatic rings. The topological polar surface area (TPSA) is 69.4 Å². The van der Waals surface area contributed by atoms with Crippen molar-refractivity contribution < 1.29 is 14.3 Å². The van der Waals surface area contributed by atoms with Crippen LogP contribution in [0.3, 0.4) is 0 Å². The van der Waals surface area contributed by atoms with Crippen molar-refractivity contribution in [3.8, 4) is 0 Å². The number of rotatable bonds is 7. The van der Waals surface area contributed by atoms with Gasteiger partial charge in [0, 0.05) is 23.8 Å². The van der Waals surface area contributed by atoms with Gasteiger partial charge < -0.3 is 10.5 Å². The van der Waals surface area contributed by atoms with Crippen molar-refractivity contribution in [1.82, 2.24) is 0 Å². The van der Waals surface area contributed by atoms with Crippen LogP contribution in [0.2, 0.25) is 0 Å². The number of Topliss-reactive ketones (excluding diaryl/α,β-unsaturated/α-hetero) is 1. The van der Waals surface area contributed by atoms with Gasteiger partial charge in [-0.1, -0.05) is 38.1 Å². The molecule has 4 heteroatoms. The Bertz CT molecular complexity index is 545. The van der Waals surface area contributed by atoms with Gasteiger partial charge in [-0.25, -0.2) is 0 Å². The maximum Gasteiger partial charge on any atom is 0.305 e. The predicted molar refractivity (Wildman–Crippen MR) is 94.9 cm³/mol. The van der Waals surface area contributed by atoms with Gasteiger partial charge in [-0.15, -0.1) is 0 Å². The molecule has 0 spiro atoms. The maximum absolute atomic E-state index is 12.6. The summed E-state index contributed by atoms with van der Waals surface area (Å²) in [6.45, 7) is 4.92. The van der Waals surface area contributed by atoms with Crippen molar-refractivity contribution in [3.05, 3.63) is 35.4 Å². The third kappa shape index (κ3) is 4.91. The molecular formula is C20H29NO3. The summed E-state index contributed by atoms with van der Waals surface area (Å²) in [7, 11) is 0. The zero-order valence-electron chi connectivity index (χ0n) is 14.8. The molecule has 1 fully saturated rings. The lowest BCUT2D eigenvalue weighted by molar-refractivity contribution is -0.143. The van der Waals surface area contributed by atoms with Crippen LogP contribution < -0.4 is 5.73 Å². The van der Waals surface area contributed by atoms with Crippen LogP contribution in [0.1, 0.15) is 67.8 Å². The van der Waals surface area contributed by atoms with Crippen LogP contribution in [-0.2, 0) is 9.53 Å². The van der Waals surface area contributed by atoms with Crippen molar-refractivity contribution in [3.63, 3.8) is 0 Å². The van der Waals surface area contributed by atoms with Crippen molar-refractivity contribution in [1.29, 1.82) is 0 Å². The van der Waals surface area contributed by atoms with E-state index in [-0.39, 0.29) is 23.6 Å². The normalized spacial score (nSPS) is 22.0. The molecule has 2 rings (SSSR count). The monoisotopic (exact) mass is 331 g/mol. The molecule has 1 atom stereocenters. The van der Waals surface area contributed by atoms with Crippen LogP contribution in [0.5, 0.6) is 0 Å². The molecular weight excluding hydrogens is 302 g/mol. The number of hydrogen-bond donors (Lipinski definition) is 1. The first-order valence-electron chi connectivity index (χ1n) is 9.05. The molecule has 24 heavy (non-hydrogen) atoms. The summed E-state index contributed by atoms with van der Waals surface area (Å²) in [6.07, 6.45) is 4.42. The van der Waals surface area contributed by atoms with Crippen LogP contribution in [0.4, 0.5) is 0 Å². The summed E-state index contributed by atoms with van der Waals surface area (Å²) in [5.41, 5.74) is 7.59. The quantitative estimate of drug-likeness (QED) is 0.611. The number of hydrogen-bond acceptors (Lipinski definition) is 4. The number of esters is 1. The molecule has 0 aliphatic heterocycles. The van der Waals surface area contributed by atoms with Gasteiger partial charge in [0.2, 0.25) is 0 Å². The second-order valence-electron chi connectivity index (χ2n) is 6.88. The molecule has 0 amide bonds. The first-order chi connectivity index (χ1) is 11.5. The lowest BCUT2D eigenvalue weighted by Crippen LogP contribution is -2.25. The van der Waals surface area contributed by atoms with E-state index in [0.717, 1.165) is 43.4 Å². The Morgan fingerprint density at radius 2 is 1.79 bits per heavy atom. The molecule has 4 nitrogen and oxygen atoms in total. The molecule has 0 bridgehead atoms. The number of nitrogens with two attached hydrogens (primary N) is 1. The molecule has 2 N–H and O–H groups in total. The van der Waals surface area contributed by atoms with E-state index in [1.54, 1.807) is 6.92 Å². The first kappa shape index (κ1) is 18.7. The second kappa shape index (κ2) is 8.97. The van der Waals surface area contributed by atoms with Crippen LogP contribution in [0.25, 0.3) is 0 Å². The number of benzene rings is 1. The van der Waals surface area contributed by atoms with Crippen LogP contribution in [-0.4, -0.2) is 24.9 Å². The third-order valence-corrected chi connectivity index (χ3v) is 5.10. The van der Waals surface area contributed by atoms with Crippen LogP contribution in [0, 0.1) is 11.8 Å². The molecule has 0 heterocycles. The number of carbonyl (C=O) groups excluding carboxylic acids is 2. The van der Waals surface area contributed by atoms with E-state index in [2.05, 4.69) is 0 Å². The first-order valence-corrected chi connectivity index (χ1v) is 9.05. The van der Waals surface area contributed by atoms with Crippen molar-refractivity contribution in [2.45, 2.75) is 51.9 Å². The van der Waals surface area contributed by atoms with Gasteiger partial charge in [0.25, 0.3) is 0 Å². The van der Waals surface area contributed by atoms with Crippen molar-refractivity contribution in [2.75, 3.05) is 13.2 Å². The van der Waals surface area contributed by atoms with Crippen molar-refractivity contribution >= 4 is 11.8 Å². The van der Waals surface area contributed by atoms with E-state index in [4.69, 9.17) is 10.5 Å². The zero-order valence-corrected chi connectivity index (χ0v) is 14.8. The van der Waals surface area contributed by atoms with E-state index in [1.165, 1.54) is 0 Å². The summed E-state index contributed by atoms with van der Waals surface area (Å²) in [6, 6.07) is 7.77. The fourth-order valence-corrected chi connectivity index (χ4v) is 3.29. The molecule has 1 aliphatic carbocycles. The average Bonchev–Trinajstić information content (AvgIpc) is 2.65. The van der Waals surface area contributed by atoms with Gasteiger partial charge in [-0.2, -0.15) is 0 Å². The van der Waals surface area contributed by atoms with Gasteiger partial charge in [0.05, 0.1) is 6.61 Å². The van der Waals surface area contributed by atoms with E-state index in [9.17, 15) is 9.59 Å². The molecule has 1 saturated carbocycles. The van der Waals surface area contributed by atoms with Crippen molar-refractivity contribution in [2.24, 2.45) is 17.6 Å². The molecule has 0 saturated heterocycles. The predicted octanol–water partition coefficient (Wildman–Crippen LogP) is 3.69. The van der Waals surface area contributed by atoms with Gasteiger partial charge >= 0.3 is 5.97 Å². The Labute approximate surface area is 144 Å². The van der Waals surface area contributed by atoms with E-state index < -0.39 is 0 Å². The Kier molecular flexibility index (Phi) is 6.98. The summed E-state index contributed by atoms with van der Waals surface area (Å²) in [4.78, 5) is 23.9. The largest absolute Gasteiger partial charge is 0.465 e. The second-order valence-corrected chi connectivity index (χ2v) is 6.88. The fraction of sp³-hybridized carbons (Fsp3) is 0.600.